The Kier molecular flexibility index (Phi) is 6.71. The summed E-state index contributed by atoms with van der Waals surface area (Å²) in [6, 6.07) is 36.7. The number of ketones is 1. The molecule has 3 nitrogen and oxygen atoms in total. The summed E-state index contributed by atoms with van der Waals surface area (Å²) in [5, 5.41) is 11.3. The SMILES string of the molecule is COc1ccc([C@@H](O)[C@@H](C)C(=O)C(c2ccccc2)(c2ccccc2)c2ccccc2)cc1. The molecule has 33 heavy (non-hydrogen) atoms. The summed E-state index contributed by atoms with van der Waals surface area (Å²) >= 11 is 0. The molecule has 0 aliphatic carbocycles. The lowest BCUT2D eigenvalue weighted by Crippen LogP contribution is -2.43. The van der Waals surface area contributed by atoms with E-state index < -0.39 is 17.4 Å². The van der Waals surface area contributed by atoms with E-state index >= 15 is 0 Å². The number of aliphatic hydroxyl groups is 1. The van der Waals surface area contributed by atoms with Gasteiger partial charge in [0, 0.05) is 5.92 Å². The van der Waals surface area contributed by atoms with Crippen molar-refractivity contribution in [3.63, 3.8) is 0 Å². The van der Waals surface area contributed by atoms with E-state index in [9.17, 15) is 9.90 Å². The zero-order chi connectivity index (χ0) is 23.3. The minimum Gasteiger partial charge on any atom is -0.497 e. The van der Waals surface area contributed by atoms with Gasteiger partial charge in [-0.2, -0.15) is 0 Å². The minimum absolute atomic E-state index is 0.0607. The molecule has 0 unspecified atom stereocenters. The summed E-state index contributed by atoms with van der Waals surface area (Å²) in [6.45, 7) is 1.81. The Bertz CT molecular complexity index is 1070. The van der Waals surface area contributed by atoms with E-state index in [1.54, 1.807) is 26.2 Å². The smallest absolute Gasteiger partial charge is 0.157 e. The molecule has 3 heteroatoms. The van der Waals surface area contributed by atoms with Crippen LogP contribution in [0.5, 0.6) is 5.75 Å². The number of carbonyl (C=O) groups excluding carboxylic acids is 1. The monoisotopic (exact) mass is 436 g/mol. The van der Waals surface area contributed by atoms with Crippen LogP contribution in [0.15, 0.2) is 115 Å². The van der Waals surface area contributed by atoms with Gasteiger partial charge in [-0.25, -0.2) is 0 Å². The first-order chi connectivity index (χ1) is 16.1. The van der Waals surface area contributed by atoms with Gasteiger partial charge in [0.1, 0.15) is 11.2 Å². The number of rotatable bonds is 8. The van der Waals surface area contributed by atoms with Gasteiger partial charge in [0.2, 0.25) is 0 Å². The molecular weight excluding hydrogens is 408 g/mol. The van der Waals surface area contributed by atoms with Crippen molar-refractivity contribution in [1.82, 2.24) is 0 Å². The van der Waals surface area contributed by atoms with E-state index in [0.29, 0.717) is 11.3 Å². The third kappa shape index (κ3) is 4.20. The van der Waals surface area contributed by atoms with E-state index in [1.165, 1.54) is 0 Å². The van der Waals surface area contributed by atoms with Gasteiger partial charge in [-0.15, -0.1) is 0 Å². The average molecular weight is 437 g/mol. The summed E-state index contributed by atoms with van der Waals surface area (Å²) in [5.74, 6) is -0.0226. The average Bonchev–Trinajstić information content (AvgIpc) is 2.90. The second-order valence-electron chi connectivity index (χ2n) is 8.22. The molecule has 4 rings (SSSR count). The van der Waals surface area contributed by atoms with Crippen molar-refractivity contribution in [3.8, 4) is 5.75 Å². The highest BCUT2D eigenvalue weighted by Crippen LogP contribution is 2.43. The normalized spacial score (nSPS) is 13.2. The number of methoxy groups -OCH3 is 1. The quantitative estimate of drug-likeness (QED) is 0.346. The van der Waals surface area contributed by atoms with Crippen LogP contribution >= 0.6 is 0 Å². The van der Waals surface area contributed by atoms with E-state index in [1.807, 2.05) is 103 Å². The van der Waals surface area contributed by atoms with Crippen LogP contribution in [0.4, 0.5) is 0 Å². The Morgan fingerprint density at radius 2 is 1.09 bits per heavy atom. The van der Waals surface area contributed by atoms with Gasteiger partial charge >= 0.3 is 0 Å². The molecule has 4 aromatic rings. The zero-order valence-electron chi connectivity index (χ0n) is 18.9. The zero-order valence-corrected chi connectivity index (χ0v) is 18.9. The second-order valence-corrected chi connectivity index (χ2v) is 8.22. The molecule has 2 atom stereocenters. The van der Waals surface area contributed by atoms with Crippen LogP contribution in [-0.2, 0) is 10.2 Å². The fourth-order valence-electron chi connectivity index (χ4n) is 4.57. The highest BCUT2D eigenvalue weighted by molar-refractivity contribution is 5.99. The summed E-state index contributed by atoms with van der Waals surface area (Å²) in [5.41, 5.74) is 2.25. The van der Waals surface area contributed by atoms with Gasteiger partial charge in [0.25, 0.3) is 0 Å². The van der Waals surface area contributed by atoms with Crippen LogP contribution in [0.1, 0.15) is 35.3 Å². The third-order valence-electron chi connectivity index (χ3n) is 6.33. The molecule has 166 valence electrons. The lowest BCUT2D eigenvalue weighted by atomic mass is 9.63. The molecule has 0 aliphatic rings. The van der Waals surface area contributed by atoms with Gasteiger partial charge in [0.15, 0.2) is 5.78 Å². The minimum atomic E-state index is -1.06. The number of benzene rings is 4. The molecule has 0 heterocycles. The van der Waals surface area contributed by atoms with Crippen molar-refractivity contribution in [2.45, 2.75) is 18.4 Å². The van der Waals surface area contributed by atoms with Crippen molar-refractivity contribution < 1.29 is 14.6 Å². The van der Waals surface area contributed by atoms with E-state index in [0.717, 1.165) is 16.7 Å². The molecule has 0 spiro atoms. The molecule has 0 saturated carbocycles. The largest absolute Gasteiger partial charge is 0.497 e. The van der Waals surface area contributed by atoms with Gasteiger partial charge < -0.3 is 9.84 Å². The molecule has 0 bridgehead atoms. The topological polar surface area (TPSA) is 46.5 Å². The van der Waals surface area contributed by atoms with Gasteiger partial charge in [0.05, 0.1) is 13.2 Å². The van der Waals surface area contributed by atoms with Gasteiger partial charge in [-0.1, -0.05) is 110 Å². The first-order valence-corrected chi connectivity index (χ1v) is 11.1. The second kappa shape index (κ2) is 9.85. The molecule has 0 saturated heterocycles. The first-order valence-electron chi connectivity index (χ1n) is 11.1. The highest BCUT2D eigenvalue weighted by atomic mass is 16.5. The number of aliphatic hydroxyl groups excluding tert-OH is 1. The van der Waals surface area contributed by atoms with E-state index in [4.69, 9.17) is 4.74 Å². The van der Waals surface area contributed by atoms with Crippen LogP contribution in [-0.4, -0.2) is 18.0 Å². The number of carbonyl (C=O) groups is 1. The van der Waals surface area contributed by atoms with E-state index in [2.05, 4.69) is 0 Å². The molecule has 0 aromatic heterocycles. The van der Waals surface area contributed by atoms with Crippen LogP contribution in [0.2, 0.25) is 0 Å². The van der Waals surface area contributed by atoms with Crippen LogP contribution < -0.4 is 4.74 Å². The summed E-state index contributed by atoms with van der Waals surface area (Å²) in [6.07, 6.45) is -0.959. The first kappa shape index (κ1) is 22.5. The molecule has 0 amide bonds. The van der Waals surface area contributed by atoms with Crippen LogP contribution in [0.3, 0.4) is 0 Å². The standard InChI is InChI=1S/C30H28O3/c1-22(28(31)23-18-20-27(33-2)21-19-23)29(32)30(24-12-6-3-7-13-24,25-14-8-4-9-15-25)26-16-10-5-11-17-26/h3-22,28,31H,1-2H3/t22-,28+/m1/s1. The molecular formula is C30H28O3. The highest BCUT2D eigenvalue weighted by Gasteiger charge is 2.46. The van der Waals surface area contributed by atoms with Crippen molar-refractivity contribution in [2.24, 2.45) is 5.92 Å². The summed E-state index contributed by atoms with van der Waals surface area (Å²) in [7, 11) is 1.60. The predicted octanol–water partition coefficient (Wildman–Crippen LogP) is 5.97. The maximum atomic E-state index is 14.5. The number of Topliss-reactive ketones (excluding diaryl/α,β-unsaturated/α-hetero) is 1. The summed E-state index contributed by atoms with van der Waals surface area (Å²) < 4.78 is 5.24. The maximum absolute atomic E-state index is 14.5. The Balaban J connectivity index is 1.89. The molecule has 0 fully saturated rings. The molecule has 1 N–H and O–H groups in total. The Hall–Kier alpha value is -3.69. The van der Waals surface area contributed by atoms with Gasteiger partial charge in [-0.05, 0) is 34.4 Å². The van der Waals surface area contributed by atoms with Crippen molar-refractivity contribution in [3.05, 3.63) is 138 Å². The fraction of sp³-hybridized carbons (Fsp3) is 0.167. The molecule has 0 aliphatic heterocycles. The number of ether oxygens (including phenoxy) is 1. The fourth-order valence-corrected chi connectivity index (χ4v) is 4.57. The number of hydrogen-bond acceptors (Lipinski definition) is 3. The van der Waals surface area contributed by atoms with Crippen molar-refractivity contribution in [2.75, 3.05) is 7.11 Å². The Morgan fingerprint density at radius 3 is 1.45 bits per heavy atom. The molecule has 0 radical (unpaired) electrons. The van der Waals surface area contributed by atoms with Crippen molar-refractivity contribution >= 4 is 5.78 Å². The number of hydrogen-bond donors (Lipinski definition) is 1. The van der Waals surface area contributed by atoms with Crippen LogP contribution in [0.25, 0.3) is 0 Å². The van der Waals surface area contributed by atoms with Crippen LogP contribution in [0, 0.1) is 5.92 Å². The summed E-state index contributed by atoms with van der Waals surface area (Å²) in [4.78, 5) is 14.5. The lowest BCUT2D eigenvalue weighted by Gasteiger charge is -2.37. The Labute approximate surface area is 195 Å². The Morgan fingerprint density at radius 1 is 0.697 bits per heavy atom. The maximum Gasteiger partial charge on any atom is 0.157 e. The lowest BCUT2D eigenvalue weighted by molar-refractivity contribution is -0.129. The third-order valence-corrected chi connectivity index (χ3v) is 6.33. The molecule has 4 aromatic carbocycles. The van der Waals surface area contributed by atoms with E-state index in [-0.39, 0.29) is 5.78 Å². The van der Waals surface area contributed by atoms with Gasteiger partial charge in [-0.3, -0.25) is 4.79 Å². The predicted molar refractivity (Wildman–Crippen MR) is 131 cm³/mol. The van der Waals surface area contributed by atoms with Crippen molar-refractivity contribution in [1.29, 1.82) is 0 Å².